The van der Waals surface area contributed by atoms with E-state index < -0.39 is 5.60 Å². The Bertz CT molecular complexity index is 1090. The van der Waals surface area contributed by atoms with Crippen LogP contribution < -0.4 is 4.90 Å². The number of allylic oxidation sites excluding steroid dienone is 1. The van der Waals surface area contributed by atoms with Gasteiger partial charge >= 0.3 is 6.09 Å². The second-order valence-corrected chi connectivity index (χ2v) is 8.90. The number of aromatic nitrogens is 3. The largest absolute Gasteiger partial charge is 0.443 e. The average Bonchev–Trinajstić information content (AvgIpc) is 3.46. The van der Waals surface area contributed by atoms with Crippen molar-refractivity contribution < 1.29 is 9.53 Å². The highest BCUT2D eigenvalue weighted by atomic mass is 16.6. The summed E-state index contributed by atoms with van der Waals surface area (Å²) in [7, 11) is 1.71. The molecule has 0 aliphatic heterocycles. The Morgan fingerprint density at radius 3 is 2.53 bits per heavy atom. The van der Waals surface area contributed by atoms with Gasteiger partial charge in [0.05, 0.1) is 5.69 Å². The fourth-order valence-electron chi connectivity index (χ4n) is 3.37. The van der Waals surface area contributed by atoms with Crippen LogP contribution in [-0.2, 0) is 11.2 Å². The van der Waals surface area contributed by atoms with Crippen LogP contribution in [0.25, 0.3) is 16.9 Å². The van der Waals surface area contributed by atoms with E-state index in [2.05, 4.69) is 11.6 Å². The number of carbonyl (C=O) groups is 1. The minimum absolute atomic E-state index is 0.380. The summed E-state index contributed by atoms with van der Waals surface area (Å²) in [5.74, 6) is 1.45. The third-order valence-corrected chi connectivity index (χ3v) is 5.16. The van der Waals surface area contributed by atoms with Gasteiger partial charge in [-0.05, 0) is 63.8 Å². The number of hydrogen-bond acceptors (Lipinski definition) is 4. The van der Waals surface area contributed by atoms with Crippen LogP contribution in [0.3, 0.4) is 0 Å². The molecule has 4 rings (SSSR count). The predicted molar refractivity (Wildman–Crippen MR) is 119 cm³/mol. The molecular formula is C24H28N4O2. The number of hydrogen-bond donors (Lipinski definition) is 0. The second-order valence-electron chi connectivity index (χ2n) is 8.90. The first kappa shape index (κ1) is 20.1. The van der Waals surface area contributed by atoms with Crippen molar-refractivity contribution in [1.82, 2.24) is 14.6 Å². The predicted octanol–water partition coefficient (Wildman–Crippen LogP) is 5.28. The van der Waals surface area contributed by atoms with Crippen LogP contribution in [0.2, 0.25) is 0 Å². The van der Waals surface area contributed by atoms with Gasteiger partial charge in [-0.15, -0.1) is 0 Å². The summed E-state index contributed by atoms with van der Waals surface area (Å²) in [5.41, 5.74) is 4.23. The number of pyridine rings is 1. The lowest BCUT2D eigenvalue weighted by Gasteiger charge is -2.24. The van der Waals surface area contributed by atoms with Crippen LogP contribution in [0, 0.1) is 5.92 Å². The number of rotatable bonds is 5. The maximum absolute atomic E-state index is 12.3. The van der Waals surface area contributed by atoms with E-state index in [9.17, 15) is 4.79 Å². The monoisotopic (exact) mass is 404 g/mol. The van der Waals surface area contributed by atoms with E-state index in [4.69, 9.17) is 9.84 Å². The van der Waals surface area contributed by atoms with Crippen molar-refractivity contribution in [2.75, 3.05) is 11.9 Å². The Kier molecular flexibility index (Phi) is 5.10. The molecule has 1 aliphatic rings. The van der Waals surface area contributed by atoms with Gasteiger partial charge in [0.15, 0.2) is 11.5 Å². The highest BCUT2D eigenvalue weighted by Crippen LogP contribution is 2.36. The summed E-state index contributed by atoms with van der Waals surface area (Å²) in [6.45, 7) is 9.76. The molecule has 0 N–H and O–H groups in total. The molecule has 0 unspecified atom stereocenters. The Labute approximate surface area is 177 Å². The van der Waals surface area contributed by atoms with E-state index in [1.807, 2.05) is 67.8 Å². The van der Waals surface area contributed by atoms with Gasteiger partial charge in [-0.2, -0.15) is 5.10 Å². The van der Waals surface area contributed by atoms with E-state index >= 15 is 0 Å². The SMILES string of the molecule is C=C(Cc1nc2cccc(-c3ccc(N(C)C(=O)OC(C)(C)C)cc3)n2n1)C1CC1. The fraction of sp³-hybridized carbons (Fsp3) is 0.375. The molecule has 0 bridgehead atoms. The molecular weight excluding hydrogens is 376 g/mol. The summed E-state index contributed by atoms with van der Waals surface area (Å²) in [5, 5.41) is 4.73. The molecule has 0 radical (unpaired) electrons. The number of amides is 1. The zero-order valence-corrected chi connectivity index (χ0v) is 18.1. The van der Waals surface area contributed by atoms with Crippen molar-refractivity contribution in [1.29, 1.82) is 0 Å². The van der Waals surface area contributed by atoms with Crippen LogP contribution in [0.1, 0.15) is 39.4 Å². The molecule has 30 heavy (non-hydrogen) atoms. The van der Waals surface area contributed by atoms with Crippen molar-refractivity contribution >= 4 is 17.4 Å². The molecule has 2 aromatic heterocycles. The Balaban J connectivity index is 1.57. The molecule has 1 aliphatic carbocycles. The van der Waals surface area contributed by atoms with Crippen LogP contribution >= 0.6 is 0 Å². The number of ether oxygens (including phenoxy) is 1. The normalized spacial score (nSPS) is 14.0. The molecule has 6 heteroatoms. The molecule has 0 atom stereocenters. The first-order valence-corrected chi connectivity index (χ1v) is 10.3. The zero-order valence-electron chi connectivity index (χ0n) is 18.1. The molecule has 3 aromatic rings. The lowest BCUT2D eigenvalue weighted by molar-refractivity contribution is 0.0589. The zero-order chi connectivity index (χ0) is 21.5. The molecule has 1 saturated carbocycles. The lowest BCUT2D eigenvalue weighted by atomic mass is 10.1. The quantitative estimate of drug-likeness (QED) is 0.543. The molecule has 0 spiro atoms. The van der Waals surface area contributed by atoms with E-state index in [-0.39, 0.29) is 6.09 Å². The summed E-state index contributed by atoms with van der Waals surface area (Å²) < 4.78 is 7.32. The van der Waals surface area contributed by atoms with Gasteiger partial charge in [-0.1, -0.05) is 30.4 Å². The molecule has 1 fully saturated rings. The van der Waals surface area contributed by atoms with E-state index in [0.717, 1.165) is 34.8 Å². The van der Waals surface area contributed by atoms with Crippen LogP contribution in [0.4, 0.5) is 10.5 Å². The van der Waals surface area contributed by atoms with Crippen LogP contribution in [0.5, 0.6) is 0 Å². The van der Waals surface area contributed by atoms with Crippen molar-refractivity contribution in [3.63, 3.8) is 0 Å². The van der Waals surface area contributed by atoms with E-state index in [1.165, 1.54) is 23.3 Å². The van der Waals surface area contributed by atoms with Crippen molar-refractivity contribution in [2.45, 2.75) is 45.6 Å². The van der Waals surface area contributed by atoms with Crippen LogP contribution in [-0.4, -0.2) is 33.3 Å². The summed E-state index contributed by atoms with van der Waals surface area (Å²) >= 11 is 0. The molecule has 1 amide bonds. The third kappa shape index (κ3) is 4.37. The van der Waals surface area contributed by atoms with Gasteiger partial charge in [0.25, 0.3) is 0 Å². The smallest absolute Gasteiger partial charge is 0.414 e. The second kappa shape index (κ2) is 7.59. The van der Waals surface area contributed by atoms with Gasteiger partial charge in [0.2, 0.25) is 0 Å². The number of nitrogens with zero attached hydrogens (tertiary/aromatic N) is 4. The number of fused-ring (bicyclic) bond motifs is 1. The summed E-state index contributed by atoms with van der Waals surface area (Å²) in [4.78, 5) is 18.5. The van der Waals surface area contributed by atoms with Crippen molar-refractivity contribution in [3.8, 4) is 11.3 Å². The van der Waals surface area contributed by atoms with Gasteiger partial charge in [0, 0.05) is 24.7 Å². The van der Waals surface area contributed by atoms with Gasteiger partial charge < -0.3 is 4.74 Å². The average molecular weight is 405 g/mol. The first-order chi connectivity index (χ1) is 14.2. The Morgan fingerprint density at radius 2 is 1.90 bits per heavy atom. The lowest BCUT2D eigenvalue weighted by Crippen LogP contribution is -2.34. The van der Waals surface area contributed by atoms with Gasteiger partial charge in [-0.3, -0.25) is 4.90 Å². The maximum Gasteiger partial charge on any atom is 0.414 e. The highest BCUT2D eigenvalue weighted by Gasteiger charge is 2.25. The van der Waals surface area contributed by atoms with Crippen molar-refractivity contribution in [2.24, 2.45) is 5.92 Å². The Morgan fingerprint density at radius 1 is 1.20 bits per heavy atom. The van der Waals surface area contributed by atoms with E-state index in [0.29, 0.717) is 5.92 Å². The standard InChI is InChI=1S/C24H28N4O2/c1-16(17-9-10-17)15-21-25-22-8-6-7-20(28(22)26-21)18-11-13-19(14-12-18)27(5)23(29)30-24(2,3)4/h6-8,11-14,17H,1,9-10,15H2,2-5H3. The first-order valence-electron chi connectivity index (χ1n) is 10.3. The summed E-state index contributed by atoms with van der Waals surface area (Å²) in [6.07, 6.45) is 2.82. The summed E-state index contributed by atoms with van der Waals surface area (Å²) in [6, 6.07) is 13.7. The molecule has 1 aromatic carbocycles. The Hall–Kier alpha value is -3.15. The highest BCUT2D eigenvalue weighted by molar-refractivity contribution is 5.87. The fourth-order valence-corrected chi connectivity index (χ4v) is 3.37. The minimum atomic E-state index is -0.531. The van der Waals surface area contributed by atoms with Crippen LogP contribution in [0.15, 0.2) is 54.6 Å². The maximum atomic E-state index is 12.3. The number of anilines is 1. The molecule has 156 valence electrons. The molecule has 6 nitrogen and oxygen atoms in total. The number of carbonyl (C=O) groups excluding carboxylic acids is 1. The molecule has 0 saturated heterocycles. The topological polar surface area (TPSA) is 59.7 Å². The van der Waals surface area contributed by atoms with Crippen molar-refractivity contribution in [3.05, 3.63) is 60.4 Å². The third-order valence-electron chi connectivity index (χ3n) is 5.16. The molecule has 2 heterocycles. The minimum Gasteiger partial charge on any atom is -0.443 e. The van der Waals surface area contributed by atoms with Gasteiger partial charge in [0.1, 0.15) is 5.60 Å². The van der Waals surface area contributed by atoms with Gasteiger partial charge in [-0.25, -0.2) is 14.3 Å². The van der Waals surface area contributed by atoms with E-state index in [1.54, 1.807) is 7.05 Å². The number of benzene rings is 1.